The number of benzene rings is 1. The fourth-order valence-electron chi connectivity index (χ4n) is 3.50. The molecule has 9 nitrogen and oxygen atoms in total. The minimum atomic E-state index is -1.06. The van der Waals surface area contributed by atoms with Gasteiger partial charge < -0.3 is 15.3 Å². The van der Waals surface area contributed by atoms with Crippen molar-refractivity contribution in [3.63, 3.8) is 0 Å². The second kappa shape index (κ2) is 9.80. The number of Topliss-reactive ketones (excluding diaryl/α,β-unsaturated/α-hetero) is 1. The van der Waals surface area contributed by atoms with Crippen LogP contribution in [0, 0.1) is 11.6 Å². The zero-order valence-electron chi connectivity index (χ0n) is 18.2. The van der Waals surface area contributed by atoms with Crippen molar-refractivity contribution in [3.8, 4) is 5.75 Å². The summed E-state index contributed by atoms with van der Waals surface area (Å²) in [5.74, 6) is -4.12. The Labute approximate surface area is 188 Å². The molecule has 33 heavy (non-hydrogen) atoms. The number of nitrogens with one attached hydrogen (secondary N) is 1. The van der Waals surface area contributed by atoms with Crippen LogP contribution in [0.25, 0.3) is 0 Å². The highest BCUT2D eigenvalue weighted by Gasteiger charge is 2.34. The van der Waals surface area contributed by atoms with Crippen LogP contribution in [-0.4, -0.2) is 52.0 Å². The first kappa shape index (κ1) is 23.9. The van der Waals surface area contributed by atoms with Crippen LogP contribution in [0.1, 0.15) is 53.1 Å². The molecule has 0 bridgehead atoms. The Morgan fingerprint density at radius 3 is 2.55 bits per heavy atom. The highest BCUT2D eigenvalue weighted by molar-refractivity contribution is 5.99. The summed E-state index contributed by atoms with van der Waals surface area (Å²) in [7, 11) is 0. The molecule has 0 saturated carbocycles. The van der Waals surface area contributed by atoms with E-state index in [1.54, 1.807) is 5.01 Å². The largest absolute Gasteiger partial charge is 0.502 e. The number of amides is 2. The summed E-state index contributed by atoms with van der Waals surface area (Å²) < 4.78 is 28.1. The summed E-state index contributed by atoms with van der Waals surface area (Å²) in [6.07, 6.45) is 1.90. The minimum Gasteiger partial charge on any atom is -0.502 e. The van der Waals surface area contributed by atoms with Crippen LogP contribution < -0.4 is 15.8 Å². The van der Waals surface area contributed by atoms with Gasteiger partial charge in [-0.05, 0) is 19.4 Å². The normalized spacial score (nSPS) is 13.2. The molecule has 2 heterocycles. The average Bonchev–Trinajstić information content (AvgIpc) is 2.76. The van der Waals surface area contributed by atoms with E-state index in [9.17, 15) is 33.1 Å². The number of ketones is 1. The van der Waals surface area contributed by atoms with Crippen molar-refractivity contribution < 1.29 is 28.3 Å². The maximum Gasteiger partial charge on any atom is 0.277 e. The van der Waals surface area contributed by atoms with Gasteiger partial charge in [0, 0.05) is 43.9 Å². The Hall–Kier alpha value is -3.76. The van der Waals surface area contributed by atoms with Crippen molar-refractivity contribution in [2.45, 2.75) is 33.2 Å². The van der Waals surface area contributed by atoms with E-state index in [0.29, 0.717) is 19.0 Å². The lowest BCUT2D eigenvalue weighted by Gasteiger charge is -2.39. The van der Waals surface area contributed by atoms with Gasteiger partial charge in [0.25, 0.3) is 11.8 Å². The lowest BCUT2D eigenvalue weighted by Crippen LogP contribution is -2.55. The molecule has 1 aromatic carbocycles. The molecule has 1 aliphatic heterocycles. The lowest BCUT2D eigenvalue weighted by molar-refractivity contribution is -0.116. The standard InChI is InChI=1S/C22H24F2N4O5/c1-3-7-26-12-27(8-6-13(2)29)28-11-16(19(30)20(31)18(28)22(26)33)21(32)25-10-14-4-5-15(23)9-17(14)24/h4-5,9,11,31H,3,6-8,10,12H2,1-2H3,(H,25,32). The van der Waals surface area contributed by atoms with Gasteiger partial charge in [0.15, 0.2) is 11.4 Å². The van der Waals surface area contributed by atoms with Gasteiger partial charge in [-0.1, -0.05) is 13.0 Å². The SMILES string of the molecule is CCCN1CN(CCC(C)=O)n2cc(C(=O)NCc3ccc(F)cc3F)c(=O)c(O)c2C1=O. The molecule has 0 radical (unpaired) electrons. The van der Waals surface area contributed by atoms with Crippen molar-refractivity contribution in [2.24, 2.45) is 0 Å². The van der Waals surface area contributed by atoms with Crippen molar-refractivity contribution in [1.82, 2.24) is 14.9 Å². The Bertz CT molecular complexity index is 1160. The van der Waals surface area contributed by atoms with Crippen molar-refractivity contribution >= 4 is 17.6 Å². The number of aromatic hydroxyl groups is 1. The average molecular weight is 462 g/mol. The number of hydrogen-bond acceptors (Lipinski definition) is 6. The van der Waals surface area contributed by atoms with Gasteiger partial charge in [-0.25, -0.2) is 8.78 Å². The molecule has 0 unspecified atom stereocenters. The summed E-state index contributed by atoms with van der Waals surface area (Å²) in [6.45, 7) is 3.60. The molecule has 0 atom stereocenters. The first-order valence-corrected chi connectivity index (χ1v) is 10.4. The van der Waals surface area contributed by atoms with Gasteiger partial charge in [0.2, 0.25) is 5.43 Å². The maximum absolute atomic E-state index is 13.8. The Morgan fingerprint density at radius 2 is 1.91 bits per heavy atom. The number of carbonyl (C=O) groups excluding carboxylic acids is 3. The van der Waals surface area contributed by atoms with E-state index in [-0.39, 0.29) is 43.2 Å². The first-order chi connectivity index (χ1) is 15.6. The van der Waals surface area contributed by atoms with Gasteiger partial charge in [0.05, 0.1) is 0 Å². The van der Waals surface area contributed by atoms with Crippen LogP contribution >= 0.6 is 0 Å². The zero-order chi connectivity index (χ0) is 24.3. The molecule has 2 amide bonds. The molecule has 0 fully saturated rings. The number of carbonyl (C=O) groups is 3. The van der Waals surface area contributed by atoms with Gasteiger partial charge in [0.1, 0.15) is 29.6 Å². The quantitative estimate of drug-likeness (QED) is 0.615. The molecule has 0 aliphatic carbocycles. The summed E-state index contributed by atoms with van der Waals surface area (Å²) in [5.41, 5.74) is -1.83. The zero-order valence-corrected chi connectivity index (χ0v) is 18.2. The van der Waals surface area contributed by atoms with Gasteiger partial charge >= 0.3 is 0 Å². The predicted molar refractivity (Wildman–Crippen MR) is 114 cm³/mol. The Morgan fingerprint density at radius 1 is 1.18 bits per heavy atom. The van der Waals surface area contributed by atoms with Crippen LogP contribution in [0.5, 0.6) is 5.75 Å². The number of pyridine rings is 1. The van der Waals surface area contributed by atoms with Crippen molar-refractivity contribution in [1.29, 1.82) is 0 Å². The van der Waals surface area contributed by atoms with Crippen molar-refractivity contribution in [2.75, 3.05) is 24.8 Å². The van der Waals surface area contributed by atoms with Gasteiger partial charge in [-0.3, -0.25) is 28.9 Å². The molecule has 0 saturated heterocycles. The van der Waals surface area contributed by atoms with Crippen LogP contribution in [0.4, 0.5) is 8.78 Å². The highest BCUT2D eigenvalue weighted by atomic mass is 19.1. The van der Waals surface area contributed by atoms with Gasteiger partial charge in [-0.2, -0.15) is 0 Å². The molecular formula is C22H24F2N4O5. The number of halogens is 2. The Kier molecular flexibility index (Phi) is 7.10. The van der Waals surface area contributed by atoms with E-state index in [1.165, 1.54) is 16.5 Å². The predicted octanol–water partition coefficient (Wildman–Crippen LogP) is 1.50. The maximum atomic E-state index is 13.8. The third-order valence-electron chi connectivity index (χ3n) is 5.21. The summed E-state index contributed by atoms with van der Waals surface area (Å²) in [5, 5.41) is 14.5. The fraction of sp³-hybridized carbons (Fsp3) is 0.364. The van der Waals surface area contributed by atoms with E-state index >= 15 is 0 Å². The highest BCUT2D eigenvalue weighted by Crippen LogP contribution is 2.22. The smallest absolute Gasteiger partial charge is 0.277 e. The molecule has 0 spiro atoms. The van der Waals surface area contributed by atoms with E-state index in [4.69, 9.17) is 0 Å². The first-order valence-electron chi connectivity index (χ1n) is 10.4. The summed E-state index contributed by atoms with van der Waals surface area (Å²) >= 11 is 0. The number of nitrogens with zero attached hydrogens (tertiary/aromatic N) is 3. The number of aromatic nitrogens is 1. The number of rotatable bonds is 8. The monoisotopic (exact) mass is 462 g/mol. The second-order valence-corrected chi connectivity index (χ2v) is 7.72. The van der Waals surface area contributed by atoms with E-state index < -0.39 is 40.2 Å². The van der Waals surface area contributed by atoms with E-state index in [0.717, 1.165) is 18.3 Å². The molecule has 11 heteroatoms. The fourth-order valence-corrected chi connectivity index (χ4v) is 3.50. The van der Waals surface area contributed by atoms with Crippen molar-refractivity contribution in [3.05, 3.63) is 63.1 Å². The minimum absolute atomic E-state index is 0.000467. The molecule has 2 N–H and O–H groups in total. The van der Waals surface area contributed by atoms with Crippen LogP contribution in [-0.2, 0) is 11.3 Å². The van der Waals surface area contributed by atoms with Crippen LogP contribution in [0.2, 0.25) is 0 Å². The molecule has 3 rings (SSSR count). The lowest BCUT2D eigenvalue weighted by atomic mass is 10.1. The number of hydrogen-bond donors (Lipinski definition) is 2. The molecule has 1 aromatic heterocycles. The number of fused-ring (bicyclic) bond motifs is 1. The topological polar surface area (TPSA) is 112 Å². The molecule has 176 valence electrons. The molecule has 2 aromatic rings. The molecule has 1 aliphatic rings. The summed E-state index contributed by atoms with van der Waals surface area (Å²) in [6, 6.07) is 2.86. The van der Waals surface area contributed by atoms with Crippen LogP contribution in [0.15, 0.2) is 29.2 Å². The Balaban J connectivity index is 1.96. The van der Waals surface area contributed by atoms with Gasteiger partial charge in [-0.15, -0.1) is 0 Å². The molecular weight excluding hydrogens is 438 g/mol. The third-order valence-corrected chi connectivity index (χ3v) is 5.21. The summed E-state index contributed by atoms with van der Waals surface area (Å²) in [4.78, 5) is 51.2. The second-order valence-electron chi connectivity index (χ2n) is 7.72. The van der Waals surface area contributed by atoms with E-state index in [2.05, 4.69) is 5.32 Å². The third kappa shape index (κ3) is 5.02. The van der Waals surface area contributed by atoms with E-state index in [1.807, 2.05) is 6.92 Å². The van der Waals surface area contributed by atoms with Crippen LogP contribution in [0.3, 0.4) is 0 Å².